The number of methoxy groups -OCH3 is 1. The summed E-state index contributed by atoms with van der Waals surface area (Å²) in [5.74, 6) is 1.92. The first-order valence-electron chi connectivity index (χ1n) is 10.0. The number of anilines is 2. The molecule has 31 heavy (non-hydrogen) atoms. The third-order valence-electron chi connectivity index (χ3n) is 4.86. The minimum absolute atomic E-state index is 0.0927. The lowest BCUT2D eigenvalue weighted by Crippen LogP contribution is -2.36. The van der Waals surface area contributed by atoms with Gasteiger partial charge >= 0.3 is 0 Å². The van der Waals surface area contributed by atoms with Gasteiger partial charge in [-0.2, -0.15) is 0 Å². The molecule has 1 amide bonds. The van der Waals surface area contributed by atoms with Gasteiger partial charge in [0.2, 0.25) is 0 Å². The number of ether oxygens (including phenoxy) is 3. The van der Waals surface area contributed by atoms with Gasteiger partial charge in [-0.1, -0.05) is 12.1 Å². The average Bonchev–Trinajstić information content (AvgIpc) is 2.84. The van der Waals surface area contributed by atoms with Gasteiger partial charge in [-0.25, -0.2) is 0 Å². The van der Waals surface area contributed by atoms with E-state index in [1.807, 2.05) is 36.4 Å². The molecule has 2 heterocycles. The highest BCUT2D eigenvalue weighted by atomic mass is 16.5. The maximum atomic E-state index is 12.3. The van der Waals surface area contributed by atoms with Crippen molar-refractivity contribution >= 4 is 17.4 Å². The second kappa shape index (κ2) is 9.90. The second-order valence-corrected chi connectivity index (χ2v) is 6.97. The van der Waals surface area contributed by atoms with E-state index in [9.17, 15) is 4.79 Å². The molecule has 2 aromatic carbocycles. The van der Waals surface area contributed by atoms with E-state index in [-0.39, 0.29) is 12.5 Å². The first kappa shape index (κ1) is 20.6. The molecular weight excluding hydrogens is 396 g/mol. The zero-order valence-corrected chi connectivity index (χ0v) is 17.3. The summed E-state index contributed by atoms with van der Waals surface area (Å²) in [5.41, 5.74) is 2.28. The summed E-state index contributed by atoms with van der Waals surface area (Å²) in [7, 11) is 1.60. The Hall–Kier alpha value is -3.65. The van der Waals surface area contributed by atoms with Gasteiger partial charge < -0.3 is 24.4 Å². The van der Waals surface area contributed by atoms with E-state index in [4.69, 9.17) is 14.2 Å². The van der Waals surface area contributed by atoms with Crippen LogP contribution in [-0.2, 0) is 9.53 Å². The molecule has 0 spiro atoms. The van der Waals surface area contributed by atoms with Crippen molar-refractivity contribution in [1.29, 1.82) is 0 Å². The van der Waals surface area contributed by atoms with E-state index in [0.717, 1.165) is 35.9 Å². The smallest absolute Gasteiger partial charge is 0.262 e. The van der Waals surface area contributed by atoms with Gasteiger partial charge in [-0.05, 0) is 48.5 Å². The Labute approximate surface area is 180 Å². The fraction of sp³-hybridized carbons (Fsp3) is 0.261. The third-order valence-corrected chi connectivity index (χ3v) is 4.86. The highest BCUT2D eigenvalue weighted by Gasteiger charge is 2.13. The number of hydrogen-bond acceptors (Lipinski definition) is 7. The Bertz CT molecular complexity index is 1000. The van der Waals surface area contributed by atoms with Crippen LogP contribution in [0.2, 0.25) is 0 Å². The Morgan fingerprint density at radius 2 is 1.81 bits per heavy atom. The molecule has 1 aromatic heterocycles. The number of hydrogen-bond donors (Lipinski definition) is 1. The molecule has 0 aliphatic carbocycles. The van der Waals surface area contributed by atoms with Crippen LogP contribution in [0.5, 0.6) is 11.5 Å². The Morgan fingerprint density at radius 1 is 1.03 bits per heavy atom. The Balaban J connectivity index is 1.35. The maximum Gasteiger partial charge on any atom is 0.262 e. The quantitative estimate of drug-likeness (QED) is 0.629. The zero-order chi connectivity index (χ0) is 21.5. The molecule has 1 aliphatic heterocycles. The molecule has 0 bridgehead atoms. The Kier molecular flexibility index (Phi) is 6.59. The predicted octanol–water partition coefficient (Wildman–Crippen LogP) is 3.01. The van der Waals surface area contributed by atoms with Crippen LogP contribution >= 0.6 is 0 Å². The van der Waals surface area contributed by atoms with Crippen LogP contribution in [0.25, 0.3) is 11.3 Å². The molecule has 160 valence electrons. The second-order valence-electron chi connectivity index (χ2n) is 6.97. The molecule has 1 saturated heterocycles. The standard InChI is InChI=1S/C23H24N4O4/c1-29-19-5-7-20(8-6-19)31-16-23(28)24-18-4-2-3-17(15-18)21-9-10-22(26-25-21)27-11-13-30-14-12-27/h2-10,15H,11-14,16H2,1H3,(H,24,28). The summed E-state index contributed by atoms with van der Waals surface area (Å²) in [6.45, 7) is 2.94. The van der Waals surface area contributed by atoms with Crippen LogP contribution in [-0.4, -0.2) is 56.1 Å². The molecule has 1 N–H and O–H groups in total. The van der Waals surface area contributed by atoms with Crippen molar-refractivity contribution in [2.75, 3.05) is 50.2 Å². The molecule has 4 rings (SSSR count). The maximum absolute atomic E-state index is 12.3. The third kappa shape index (κ3) is 5.49. The van der Waals surface area contributed by atoms with E-state index in [1.165, 1.54) is 0 Å². The lowest BCUT2D eigenvalue weighted by atomic mass is 10.1. The lowest BCUT2D eigenvalue weighted by Gasteiger charge is -2.27. The summed E-state index contributed by atoms with van der Waals surface area (Å²) in [5, 5.41) is 11.6. The van der Waals surface area contributed by atoms with E-state index < -0.39 is 0 Å². The topological polar surface area (TPSA) is 85.8 Å². The molecule has 0 radical (unpaired) electrons. The molecule has 8 heteroatoms. The van der Waals surface area contributed by atoms with Crippen LogP contribution in [0.15, 0.2) is 60.7 Å². The van der Waals surface area contributed by atoms with E-state index >= 15 is 0 Å². The molecule has 0 saturated carbocycles. The molecule has 0 unspecified atom stereocenters. The van der Waals surface area contributed by atoms with Crippen molar-refractivity contribution in [3.63, 3.8) is 0 Å². The van der Waals surface area contributed by atoms with Crippen molar-refractivity contribution in [2.45, 2.75) is 0 Å². The van der Waals surface area contributed by atoms with E-state index in [1.54, 1.807) is 31.4 Å². The molecule has 1 aliphatic rings. The lowest BCUT2D eigenvalue weighted by molar-refractivity contribution is -0.118. The van der Waals surface area contributed by atoms with Crippen molar-refractivity contribution in [1.82, 2.24) is 10.2 Å². The SMILES string of the molecule is COc1ccc(OCC(=O)Nc2cccc(-c3ccc(N4CCOCC4)nn3)c2)cc1. The van der Waals surface area contributed by atoms with Crippen LogP contribution in [0, 0.1) is 0 Å². The van der Waals surface area contributed by atoms with Crippen molar-refractivity contribution in [3.8, 4) is 22.8 Å². The summed E-state index contributed by atoms with van der Waals surface area (Å²) < 4.78 is 16.0. The highest BCUT2D eigenvalue weighted by molar-refractivity contribution is 5.92. The monoisotopic (exact) mass is 420 g/mol. The largest absolute Gasteiger partial charge is 0.497 e. The number of nitrogens with one attached hydrogen (secondary N) is 1. The molecular formula is C23H24N4O4. The number of carbonyl (C=O) groups excluding carboxylic acids is 1. The number of morpholine rings is 1. The Morgan fingerprint density at radius 3 is 2.52 bits per heavy atom. The fourth-order valence-electron chi connectivity index (χ4n) is 3.21. The van der Waals surface area contributed by atoms with Gasteiger partial charge in [-0.15, -0.1) is 10.2 Å². The minimum atomic E-state index is -0.248. The van der Waals surface area contributed by atoms with Crippen molar-refractivity contribution in [2.24, 2.45) is 0 Å². The van der Waals surface area contributed by atoms with Gasteiger partial charge in [0.05, 0.1) is 26.0 Å². The van der Waals surface area contributed by atoms with Gasteiger partial charge in [-0.3, -0.25) is 4.79 Å². The molecule has 8 nitrogen and oxygen atoms in total. The number of amides is 1. The number of rotatable bonds is 7. The molecule has 0 atom stereocenters. The van der Waals surface area contributed by atoms with Crippen LogP contribution in [0.4, 0.5) is 11.5 Å². The van der Waals surface area contributed by atoms with E-state index in [0.29, 0.717) is 24.7 Å². The number of carbonyl (C=O) groups is 1. The number of benzene rings is 2. The predicted molar refractivity (Wildman–Crippen MR) is 118 cm³/mol. The van der Waals surface area contributed by atoms with Gasteiger partial charge in [0.25, 0.3) is 5.91 Å². The number of aromatic nitrogens is 2. The van der Waals surface area contributed by atoms with E-state index in [2.05, 4.69) is 20.4 Å². The first-order chi connectivity index (χ1) is 15.2. The minimum Gasteiger partial charge on any atom is -0.497 e. The zero-order valence-electron chi connectivity index (χ0n) is 17.3. The van der Waals surface area contributed by atoms with Crippen LogP contribution < -0.4 is 19.7 Å². The van der Waals surface area contributed by atoms with Crippen molar-refractivity contribution < 1.29 is 19.0 Å². The fourth-order valence-corrected chi connectivity index (χ4v) is 3.21. The van der Waals surface area contributed by atoms with Gasteiger partial charge in [0.15, 0.2) is 12.4 Å². The summed E-state index contributed by atoms with van der Waals surface area (Å²) in [6, 6.07) is 18.5. The normalized spacial score (nSPS) is 13.5. The van der Waals surface area contributed by atoms with Gasteiger partial charge in [0, 0.05) is 24.3 Å². The van der Waals surface area contributed by atoms with Crippen LogP contribution in [0.1, 0.15) is 0 Å². The highest BCUT2D eigenvalue weighted by Crippen LogP contribution is 2.22. The van der Waals surface area contributed by atoms with Gasteiger partial charge in [0.1, 0.15) is 11.5 Å². The first-order valence-corrected chi connectivity index (χ1v) is 10.0. The van der Waals surface area contributed by atoms with Crippen LogP contribution in [0.3, 0.4) is 0 Å². The summed E-state index contributed by atoms with van der Waals surface area (Å²) in [6.07, 6.45) is 0. The molecule has 1 fully saturated rings. The number of nitrogens with zero attached hydrogens (tertiary/aromatic N) is 3. The average molecular weight is 420 g/mol. The summed E-state index contributed by atoms with van der Waals surface area (Å²) >= 11 is 0. The molecule has 3 aromatic rings. The van der Waals surface area contributed by atoms with Crippen molar-refractivity contribution in [3.05, 3.63) is 60.7 Å². The summed E-state index contributed by atoms with van der Waals surface area (Å²) in [4.78, 5) is 14.4.